The van der Waals surface area contributed by atoms with Gasteiger partial charge in [0.1, 0.15) is 6.10 Å². The summed E-state index contributed by atoms with van der Waals surface area (Å²) in [5.74, 6) is 1.01. The molecule has 1 N–H and O–H groups in total. The maximum Gasteiger partial charge on any atom is 0.315 e. The minimum atomic E-state index is -0.498. The van der Waals surface area contributed by atoms with Crippen molar-refractivity contribution in [3.8, 4) is 11.5 Å². The first kappa shape index (κ1) is 20.3. The lowest BCUT2D eigenvalue weighted by molar-refractivity contribution is -0.956. The van der Waals surface area contributed by atoms with Crippen LogP contribution in [0.2, 0.25) is 0 Å². The van der Waals surface area contributed by atoms with E-state index in [4.69, 9.17) is 9.47 Å². The highest BCUT2D eigenvalue weighted by Crippen LogP contribution is 2.60. The van der Waals surface area contributed by atoms with Crippen molar-refractivity contribution in [2.45, 2.75) is 65.0 Å². The molecule has 1 saturated heterocycles. The SMILES string of the molecule is Cc1ccc(O)c2c1[C@]13CC[N@@+](C)(COC(=O)C(C)(C)C)C(C)[C@@H]1C=CC[C@@H]3O2. The number of esters is 1. The fourth-order valence-electron chi connectivity index (χ4n) is 5.62. The highest BCUT2D eigenvalue weighted by Gasteiger charge is 2.62. The minimum absolute atomic E-state index is 0.0489. The number of fused-ring (bicyclic) bond motifs is 1. The van der Waals surface area contributed by atoms with Crippen molar-refractivity contribution < 1.29 is 23.9 Å². The molecule has 1 aliphatic carbocycles. The van der Waals surface area contributed by atoms with Gasteiger partial charge in [0.05, 0.1) is 30.5 Å². The van der Waals surface area contributed by atoms with Gasteiger partial charge in [-0.3, -0.25) is 9.28 Å². The summed E-state index contributed by atoms with van der Waals surface area (Å²) in [6.45, 7) is 11.3. The molecule has 3 aliphatic rings. The summed E-state index contributed by atoms with van der Waals surface area (Å²) in [5.41, 5.74) is 1.74. The zero-order valence-electron chi connectivity index (χ0n) is 18.5. The molecule has 0 saturated carbocycles. The molecule has 5 nitrogen and oxygen atoms in total. The molecule has 0 aromatic heterocycles. The highest BCUT2D eigenvalue weighted by molar-refractivity contribution is 5.75. The number of aryl methyl sites for hydroxylation is 1. The molecule has 1 spiro atoms. The third-order valence-electron chi connectivity index (χ3n) is 7.58. The van der Waals surface area contributed by atoms with Gasteiger partial charge in [0, 0.05) is 24.3 Å². The van der Waals surface area contributed by atoms with E-state index in [9.17, 15) is 9.90 Å². The number of ether oxygens (including phenoxy) is 2. The summed E-state index contributed by atoms with van der Waals surface area (Å²) < 4.78 is 12.8. The Kier molecular flexibility index (Phi) is 4.54. The van der Waals surface area contributed by atoms with Gasteiger partial charge in [0.25, 0.3) is 0 Å². The van der Waals surface area contributed by atoms with Crippen LogP contribution in [0.4, 0.5) is 0 Å². The van der Waals surface area contributed by atoms with Crippen molar-refractivity contribution >= 4 is 5.97 Å². The molecule has 1 aromatic carbocycles. The van der Waals surface area contributed by atoms with Crippen molar-refractivity contribution in [2.24, 2.45) is 11.3 Å². The molecular weight excluding hydrogens is 366 g/mol. The van der Waals surface area contributed by atoms with Crippen molar-refractivity contribution in [3.63, 3.8) is 0 Å². The van der Waals surface area contributed by atoms with Crippen molar-refractivity contribution in [2.75, 3.05) is 20.3 Å². The van der Waals surface area contributed by atoms with Crippen molar-refractivity contribution in [1.82, 2.24) is 0 Å². The number of phenolic OH excluding ortho intramolecular Hbond substituents is 1. The van der Waals surface area contributed by atoms with E-state index in [-0.39, 0.29) is 35.2 Å². The fraction of sp³-hybridized carbons (Fsp3) is 0.625. The number of likely N-dealkylation sites (tertiary alicyclic amines) is 1. The third-order valence-corrected chi connectivity index (χ3v) is 7.58. The second-order valence-electron chi connectivity index (χ2n) is 10.4. The van der Waals surface area contributed by atoms with Gasteiger partial charge in [-0.25, -0.2) is 0 Å². The highest BCUT2D eigenvalue weighted by atomic mass is 16.5. The summed E-state index contributed by atoms with van der Waals surface area (Å²) in [4.78, 5) is 12.4. The molecule has 1 unspecified atom stereocenters. The van der Waals surface area contributed by atoms with E-state index in [1.165, 1.54) is 11.1 Å². The first-order valence-electron chi connectivity index (χ1n) is 10.7. The Bertz CT molecular complexity index is 870. The van der Waals surface area contributed by atoms with Crippen LogP contribution in [0.5, 0.6) is 11.5 Å². The Labute approximate surface area is 173 Å². The average molecular weight is 401 g/mol. The largest absolute Gasteiger partial charge is 0.504 e. The van der Waals surface area contributed by atoms with Crippen LogP contribution in [0.15, 0.2) is 24.3 Å². The normalized spacial score (nSPS) is 35.3. The molecule has 2 aliphatic heterocycles. The number of aromatic hydroxyl groups is 1. The van der Waals surface area contributed by atoms with Crippen molar-refractivity contribution in [3.05, 3.63) is 35.4 Å². The Hall–Kier alpha value is -2.01. The lowest BCUT2D eigenvalue weighted by Crippen LogP contribution is -2.67. The Morgan fingerprint density at radius 1 is 1.38 bits per heavy atom. The van der Waals surface area contributed by atoms with Gasteiger partial charge in [-0.2, -0.15) is 0 Å². The molecule has 1 fully saturated rings. The van der Waals surface area contributed by atoms with Crippen LogP contribution in [0.25, 0.3) is 0 Å². The predicted octanol–water partition coefficient (Wildman–Crippen LogP) is 4.06. The van der Waals surface area contributed by atoms with Gasteiger partial charge >= 0.3 is 5.97 Å². The number of carbonyl (C=O) groups is 1. The molecule has 5 atom stereocenters. The van der Waals surface area contributed by atoms with Gasteiger partial charge in [0.15, 0.2) is 11.5 Å². The average Bonchev–Trinajstić information content (AvgIpc) is 3.01. The molecule has 29 heavy (non-hydrogen) atoms. The maximum atomic E-state index is 12.4. The van der Waals surface area contributed by atoms with Crippen molar-refractivity contribution in [1.29, 1.82) is 0 Å². The standard InChI is InChI=1S/C24H33NO4/c1-15-10-11-18(26)21-20(15)24-12-13-25(6,14-28-22(27)23(3,4)5)16(2)17(24)8-7-9-19(24)29-21/h7-8,10-11,16-17,19H,9,12-14H2,1-6H3/p+1/t16?,17-,19-,24+,25-/m0/s1. The van der Waals surface area contributed by atoms with Crippen LogP contribution in [0.1, 0.15) is 51.7 Å². The number of hydrogen-bond donors (Lipinski definition) is 1. The monoisotopic (exact) mass is 400 g/mol. The van der Waals surface area contributed by atoms with Gasteiger partial charge < -0.3 is 14.6 Å². The molecule has 5 heteroatoms. The molecule has 4 rings (SSSR count). The second-order valence-corrected chi connectivity index (χ2v) is 10.4. The van der Waals surface area contributed by atoms with E-state index < -0.39 is 5.41 Å². The molecule has 0 bridgehead atoms. The summed E-state index contributed by atoms with van der Waals surface area (Å²) in [7, 11) is 2.19. The fourth-order valence-corrected chi connectivity index (χ4v) is 5.62. The molecule has 0 amide bonds. The van der Waals surface area contributed by atoms with Crippen LogP contribution in [0, 0.1) is 18.3 Å². The van der Waals surface area contributed by atoms with E-state index in [0.717, 1.165) is 19.4 Å². The van der Waals surface area contributed by atoms with Gasteiger partial charge in [-0.15, -0.1) is 0 Å². The van der Waals surface area contributed by atoms with Crippen LogP contribution in [-0.2, 0) is 14.9 Å². The number of benzene rings is 1. The molecule has 1 aromatic rings. The summed E-state index contributed by atoms with van der Waals surface area (Å²) in [6.07, 6.45) is 6.41. The maximum absolute atomic E-state index is 12.4. The molecule has 158 valence electrons. The first-order valence-corrected chi connectivity index (χ1v) is 10.7. The second kappa shape index (κ2) is 6.49. The van der Waals surface area contributed by atoms with Gasteiger partial charge in [0.2, 0.25) is 6.73 Å². The van der Waals surface area contributed by atoms with Crippen LogP contribution in [0.3, 0.4) is 0 Å². The number of quaternary nitrogens is 1. The number of rotatable bonds is 2. The zero-order chi connectivity index (χ0) is 21.2. The van der Waals surface area contributed by atoms with Gasteiger partial charge in [-0.1, -0.05) is 18.2 Å². The van der Waals surface area contributed by atoms with Crippen LogP contribution in [-0.4, -0.2) is 48.0 Å². The summed E-state index contributed by atoms with van der Waals surface area (Å²) in [6, 6.07) is 4.00. The van der Waals surface area contributed by atoms with E-state index >= 15 is 0 Å². The smallest absolute Gasteiger partial charge is 0.315 e. The third kappa shape index (κ3) is 2.89. The zero-order valence-corrected chi connectivity index (χ0v) is 18.5. The summed E-state index contributed by atoms with van der Waals surface area (Å²) in [5, 5.41) is 10.5. The Morgan fingerprint density at radius 2 is 2.10 bits per heavy atom. The number of phenols is 1. The first-order chi connectivity index (χ1) is 13.5. The van der Waals surface area contributed by atoms with E-state index in [2.05, 4.69) is 33.0 Å². The van der Waals surface area contributed by atoms with Crippen LogP contribution >= 0.6 is 0 Å². The molecular formula is C24H34NO4+. The number of hydrogen-bond acceptors (Lipinski definition) is 4. The van der Waals surface area contributed by atoms with Crippen LogP contribution < -0.4 is 4.74 Å². The summed E-state index contributed by atoms with van der Waals surface area (Å²) >= 11 is 0. The molecule has 0 radical (unpaired) electrons. The number of piperidine rings is 1. The van der Waals surface area contributed by atoms with E-state index in [0.29, 0.717) is 17.0 Å². The number of carbonyl (C=O) groups excluding carboxylic acids is 1. The van der Waals surface area contributed by atoms with E-state index in [1.807, 2.05) is 26.8 Å². The topological polar surface area (TPSA) is 55.8 Å². The number of nitrogens with zero attached hydrogens (tertiary/aromatic N) is 1. The molecule has 2 heterocycles. The minimum Gasteiger partial charge on any atom is -0.504 e. The lowest BCUT2D eigenvalue weighted by Gasteiger charge is -2.55. The van der Waals surface area contributed by atoms with E-state index in [1.54, 1.807) is 6.07 Å². The van der Waals surface area contributed by atoms with Gasteiger partial charge in [-0.05, 0) is 46.2 Å². The Balaban J connectivity index is 1.69. The predicted molar refractivity (Wildman–Crippen MR) is 112 cm³/mol. The quantitative estimate of drug-likeness (QED) is 0.462. The lowest BCUT2D eigenvalue weighted by atomic mass is 9.57. The Morgan fingerprint density at radius 3 is 2.79 bits per heavy atom.